The molecular weight excluding hydrogens is 414 g/mol. The fourth-order valence-corrected chi connectivity index (χ4v) is 3.52. The molecule has 0 aliphatic carbocycles. The van der Waals surface area contributed by atoms with Gasteiger partial charge < -0.3 is 9.84 Å². The van der Waals surface area contributed by atoms with Crippen molar-refractivity contribution in [3.8, 4) is 16.5 Å². The van der Waals surface area contributed by atoms with Crippen molar-refractivity contribution in [2.75, 3.05) is 11.9 Å². The first-order valence-electron chi connectivity index (χ1n) is 9.56. The molecule has 0 fully saturated rings. The van der Waals surface area contributed by atoms with Crippen molar-refractivity contribution in [3.05, 3.63) is 84.3 Å². The summed E-state index contributed by atoms with van der Waals surface area (Å²) in [5.41, 5.74) is 2.10. The first-order chi connectivity index (χ1) is 15.2. The van der Waals surface area contributed by atoms with Crippen molar-refractivity contribution < 1.29 is 14.6 Å². The average molecular weight is 433 g/mol. The number of rotatable bonds is 8. The van der Waals surface area contributed by atoms with Crippen LogP contribution < -0.4 is 10.1 Å². The Morgan fingerprint density at radius 2 is 1.87 bits per heavy atom. The maximum atomic E-state index is 12.4. The molecule has 1 unspecified atom stereocenters. The summed E-state index contributed by atoms with van der Waals surface area (Å²) in [6.45, 7) is 0.303. The van der Waals surface area contributed by atoms with Gasteiger partial charge in [0.25, 0.3) is 5.91 Å². The number of aromatic nitrogens is 4. The topological polar surface area (TPSA) is 110 Å². The standard InChI is InChI=1S/C22H19N5O3S/c28-18(15-4-2-1-3-5-15)10-13-30-19-7-6-17(14-24-19)20(29)25-22-27-26-21(31-22)16-8-11-23-12-9-16/h1-9,11-12,14,18,28H,10,13H2,(H,25,27,29). The van der Waals surface area contributed by atoms with Crippen LogP contribution in [0.25, 0.3) is 10.6 Å². The minimum absolute atomic E-state index is 0.303. The van der Waals surface area contributed by atoms with Gasteiger partial charge in [-0.15, -0.1) is 10.2 Å². The zero-order chi connectivity index (χ0) is 21.5. The van der Waals surface area contributed by atoms with E-state index in [1.165, 1.54) is 17.5 Å². The fourth-order valence-electron chi connectivity index (χ4n) is 2.77. The number of aliphatic hydroxyl groups is 1. The molecule has 0 aliphatic rings. The smallest absolute Gasteiger partial charge is 0.259 e. The maximum absolute atomic E-state index is 12.4. The fraction of sp³-hybridized carbons (Fsp3) is 0.136. The third-order valence-corrected chi connectivity index (χ3v) is 5.28. The van der Waals surface area contributed by atoms with Crippen LogP contribution in [0.3, 0.4) is 0 Å². The lowest BCUT2D eigenvalue weighted by Gasteiger charge is -2.11. The number of carbonyl (C=O) groups is 1. The summed E-state index contributed by atoms with van der Waals surface area (Å²) in [7, 11) is 0. The molecule has 8 nitrogen and oxygen atoms in total. The number of hydrogen-bond acceptors (Lipinski definition) is 8. The zero-order valence-corrected chi connectivity index (χ0v) is 17.2. The lowest BCUT2D eigenvalue weighted by atomic mass is 10.1. The molecule has 0 saturated carbocycles. The molecule has 0 aliphatic heterocycles. The molecule has 1 atom stereocenters. The Morgan fingerprint density at radius 1 is 1.06 bits per heavy atom. The van der Waals surface area contributed by atoms with E-state index in [2.05, 4.69) is 25.5 Å². The molecule has 9 heteroatoms. The van der Waals surface area contributed by atoms with E-state index in [-0.39, 0.29) is 5.91 Å². The van der Waals surface area contributed by atoms with E-state index in [1.54, 1.807) is 24.5 Å². The summed E-state index contributed by atoms with van der Waals surface area (Å²) in [4.78, 5) is 20.6. The minimum Gasteiger partial charge on any atom is -0.478 e. The summed E-state index contributed by atoms with van der Waals surface area (Å²) in [6, 6.07) is 16.3. The number of carbonyl (C=O) groups excluding carboxylic acids is 1. The Labute approximate surface area is 182 Å². The summed E-state index contributed by atoms with van der Waals surface area (Å²) in [6.07, 6.45) is 4.61. The highest BCUT2D eigenvalue weighted by molar-refractivity contribution is 7.18. The summed E-state index contributed by atoms with van der Waals surface area (Å²) in [5.74, 6) is 0.0451. The number of anilines is 1. The van der Waals surface area contributed by atoms with Crippen molar-refractivity contribution >= 4 is 22.4 Å². The zero-order valence-electron chi connectivity index (χ0n) is 16.4. The van der Waals surface area contributed by atoms with E-state index < -0.39 is 6.10 Å². The van der Waals surface area contributed by atoms with Crippen LogP contribution in [-0.4, -0.2) is 37.8 Å². The van der Waals surface area contributed by atoms with Crippen molar-refractivity contribution in [1.29, 1.82) is 0 Å². The second-order valence-electron chi connectivity index (χ2n) is 6.55. The largest absolute Gasteiger partial charge is 0.478 e. The molecule has 0 bridgehead atoms. The molecule has 3 heterocycles. The Balaban J connectivity index is 1.29. The highest BCUT2D eigenvalue weighted by Gasteiger charge is 2.12. The Hall–Kier alpha value is -3.69. The van der Waals surface area contributed by atoms with Crippen molar-refractivity contribution in [1.82, 2.24) is 20.2 Å². The van der Waals surface area contributed by atoms with Gasteiger partial charge in [0.2, 0.25) is 11.0 Å². The van der Waals surface area contributed by atoms with Crippen LogP contribution in [0.4, 0.5) is 5.13 Å². The molecule has 1 aromatic carbocycles. The molecule has 2 N–H and O–H groups in total. The lowest BCUT2D eigenvalue weighted by Crippen LogP contribution is -2.12. The second kappa shape index (κ2) is 9.88. The van der Waals surface area contributed by atoms with Crippen LogP contribution in [-0.2, 0) is 0 Å². The predicted molar refractivity (Wildman–Crippen MR) is 117 cm³/mol. The quantitative estimate of drug-likeness (QED) is 0.435. The summed E-state index contributed by atoms with van der Waals surface area (Å²) < 4.78 is 5.58. The predicted octanol–water partition coefficient (Wildman–Crippen LogP) is 3.75. The number of hydrogen-bond donors (Lipinski definition) is 2. The lowest BCUT2D eigenvalue weighted by molar-refractivity contribution is 0.102. The maximum Gasteiger partial charge on any atom is 0.259 e. The van der Waals surface area contributed by atoms with Crippen LogP contribution >= 0.6 is 11.3 Å². The van der Waals surface area contributed by atoms with E-state index in [4.69, 9.17) is 4.74 Å². The minimum atomic E-state index is -0.602. The molecule has 3 aromatic heterocycles. The molecule has 4 rings (SSSR count). The van der Waals surface area contributed by atoms with Gasteiger partial charge in [0.1, 0.15) is 5.01 Å². The third-order valence-electron chi connectivity index (χ3n) is 4.40. The summed E-state index contributed by atoms with van der Waals surface area (Å²) >= 11 is 1.27. The van der Waals surface area contributed by atoms with E-state index in [1.807, 2.05) is 42.5 Å². The monoisotopic (exact) mass is 433 g/mol. The van der Waals surface area contributed by atoms with E-state index in [9.17, 15) is 9.90 Å². The van der Waals surface area contributed by atoms with Gasteiger partial charge >= 0.3 is 0 Å². The van der Waals surface area contributed by atoms with Crippen molar-refractivity contribution in [3.63, 3.8) is 0 Å². The molecule has 1 amide bonds. The summed E-state index contributed by atoms with van der Waals surface area (Å²) in [5, 5.41) is 22.1. The van der Waals surface area contributed by atoms with Gasteiger partial charge in [-0.25, -0.2) is 4.98 Å². The molecule has 0 radical (unpaired) electrons. The Kier molecular flexibility index (Phi) is 6.56. The SMILES string of the molecule is O=C(Nc1nnc(-c2ccncc2)s1)c1ccc(OCCC(O)c2ccccc2)nc1. The number of amides is 1. The average Bonchev–Trinajstić information content (AvgIpc) is 3.29. The van der Waals surface area contributed by atoms with Crippen LogP contribution in [0.1, 0.15) is 28.4 Å². The molecule has 0 spiro atoms. The van der Waals surface area contributed by atoms with Gasteiger partial charge in [-0.05, 0) is 23.8 Å². The number of pyridine rings is 2. The van der Waals surface area contributed by atoms with Gasteiger partial charge in [-0.2, -0.15) is 0 Å². The number of nitrogens with one attached hydrogen (secondary N) is 1. The highest BCUT2D eigenvalue weighted by Crippen LogP contribution is 2.26. The first kappa shape index (κ1) is 20.6. The number of nitrogens with zero attached hydrogens (tertiary/aromatic N) is 4. The van der Waals surface area contributed by atoms with Crippen LogP contribution in [0.5, 0.6) is 5.88 Å². The van der Waals surface area contributed by atoms with Gasteiger partial charge in [-0.3, -0.25) is 15.1 Å². The molecule has 0 saturated heterocycles. The third kappa shape index (κ3) is 5.47. The Morgan fingerprint density at radius 3 is 2.61 bits per heavy atom. The van der Waals surface area contributed by atoms with Crippen LogP contribution in [0, 0.1) is 0 Å². The van der Waals surface area contributed by atoms with E-state index in [0.29, 0.717) is 34.6 Å². The number of benzene rings is 1. The van der Waals surface area contributed by atoms with Gasteiger partial charge in [0, 0.05) is 36.6 Å². The molecule has 156 valence electrons. The second-order valence-corrected chi connectivity index (χ2v) is 7.53. The normalized spacial score (nSPS) is 11.6. The first-order valence-corrected chi connectivity index (χ1v) is 10.4. The number of ether oxygens (including phenoxy) is 1. The van der Waals surface area contributed by atoms with E-state index in [0.717, 1.165) is 11.1 Å². The number of aliphatic hydroxyl groups excluding tert-OH is 1. The molecule has 31 heavy (non-hydrogen) atoms. The van der Waals surface area contributed by atoms with Gasteiger partial charge in [-0.1, -0.05) is 41.7 Å². The van der Waals surface area contributed by atoms with Gasteiger partial charge in [0.15, 0.2) is 0 Å². The van der Waals surface area contributed by atoms with Crippen LogP contribution in [0.15, 0.2) is 73.2 Å². The molecule has 4 aromatic rings. The van der Waals surface area contributed by atoms with Gasteiger partial charge in [0.05, 0.1) is 18.3 Å². The Bertz CT molecular complexity index is 1120. The van der Waals surface area contributed by atoms with E-state index >= 15 is 0 Å². The van der Waals surface area contributed by atoms with Crippen LogP contribution in [0.2, 0.25) is 0 Å². The van der Waals surface area contributed by atoms with Crippen molar-refractivity contribution in [2.45, 2.75) is 12.5 Å². The van der Waals surface area contributed by atoms with Crippen molar-refractivity contribution in [2.24, 2.45) is 0 Å². The highest BCUT2D eigenvalue weighted by atomic mass is 32.1. The molecular formula is C22H19N5O3S.